The van der Waals surface area contributed by atoms with Crippen molar-refractivity contribution in [2.45, 2.75) is 11.8 Å². The fourth-order valence-electron chi connectivity index (χ4n) is 3.30. The third kappa shape index (κ3) is 3.46. The highest BCUT2D eigenvalue weighted by atomic mass is 32.2. The summed E-state index contributed by atoms with van der Waals surface area (Å²) in [5, 5.41) is 9.84. The van der Waals surface area contributed by atoms with Gasteiger partial charge in [-0.1, -0.05) is 78.4 Å². The first-order chi connectivity index (χ1) is 14.0. The van der Waals surface area contributed by atoms with E-state index in [2.05, 4.69) is 6.07 Å². The molecule has 142 valence electrons. The monoisotopic (exact) mass is 399 g/mol. The van der Waals surface area contributed by atoms with E-state index < -0.39 is 10.1 Å². The zero-order chi connectivity index (χ0) is 20.4. The topological polar surface area (TPSA) is 67.2 Å². The Labute approximate surface area is 170 Å². The standard InChI is InChI=1S/C24H17NO3S/c1-17-12-14-19(15-13-17)29(26,27)28-24-22(16-25)20-10-6-3-7-11-21(20)23(24)18-8-4-2-5-9-18/h2-15H,1H3. The Morgan fingerprint density at radius 2 is 1.38 bits per heavy atom. The molecule has 2 aromatic rings. The fraction of sp³-hybridized carbons (Fsp3) is 0.0417. The maximum absolute atomic E-state index is 13.0. The van der Waals surface area contributed by atoms with Gasteiger partial charge in [-0.2, -0.15) is 13.7 Å². The van der Waals surface area contributed by atoms with Gasteiger partial charge in [-0.15, -0.1) is 0 Å². The molecule has 0 saturated carbocycles. The van der Waals surface area contributed by atoms with Gasteiger partial charge in [-0.3, -0.25) is 0 Å². The average molecular weight is 399 g/mol. The lowest BCUT2D eigenvalue weighted by atomic mass is 10.0. The van der Waals surface area contributed by atoms with E-state index in [0.717, 1.165) is 16.7 Å². The second-order valence-corrected chi connectivity index (χ2v) is 8.19. The molecule has 0 atom stereocenters. The molecule has 0 aliphatic heterocycles. The first-order valence-corrected chi connectivity index (χ1v) is 10.4. The highest BCUT2D eigenvalue weighted by Crippen LogP contribution is 2.48. The number of fused-ring (bicyclic) bond motifs is 1. The molecule has 29 heavy (non-hydrogen) atoms. The molecule has 0 N–H and O–H groups in total. The molecule has 0 saturated heterocycles. The molecule has 0 aromatic heterocycles. The van der Waals surface area contributed by atoms with Crippen LogP contribution >= 0.6 is 0 Å². The Kier molecular flexibility index (Phi) is 4.79. The van der Waals surface area contributed by atoms with Gasteiger partial charge in [-0.05, 0) is 30.2 Å². The molecular formula is C24H17NO3S. The number of hydrogen-bond donors (Lipinski definition) is 0. The van der Waals surface area contributed by atoms with Gasteiger partial charge < -0.3 is 4.18 Å². The largest absolute Gasteiger partial charge is 0.377 e. The normalized spacial score (nSPS) is 11.2. The summed E-state index contributed by atoms with van der Waals surface area (Å²) in [6.45, 7) is 1.88. The molecular weight excluding hydrogens is 382 g/mol. The second kappa shape index (κ2) is 7.42. The molecule has 0 unspecified atom stereocenters. The summed E-state index contributed by atoms with van der Waals surface area (Å²) >= 11 is 0. The Morgan fingerprint density at radius 3 is 2.00 bits per heavy atom. The summed E-state index contributed by atoms with van der Waals surface area (Å²) in [5.74, 6) is 0.0560. The van der Waals surface area contributed by atoms with Gasteiger partial charge in [-0.25, -0.2) is 0 Å². The number of nitriles is 1. The van der Waals surface area contributed by atoms with Crippen molar-refractivity contribution in [3.05, 3.63) is 96.1 Å². The van der Waals surface area contributed by atoms with Crippen LogP contribution < -0.4 is 4.18 Å². The van der Waals surface area contributed by atoms with Gasteiger partial charge in [0.25, 0.3) is 0 Å². The lowest BCUT2D eigenvalue weighted by Crippen LogP contribution is -2.10. The lowest BCUT2D eigenvalue weighted by molar-refractivity contribution is 0.487. The second-order valence-electron chi connectivity index (χ2n) is 6.65. The smallest absolute Gasteiger partial charge is 0.339 e. The molecule has 2 aliphatic carbocycles. The predicted molar refractivity (Wildman–Crippen MR) is 112 cm³/mol. The van der Waals surface area contributed by atoms with Crippen LogP contribution in [-0.2, 0) is 10.1 Å². The molecule has 2 aromatic carbocycles. The number of hydrogen-bond acceptors (Lipinski definition) is 4. The summed E-state index contributed by atoms with van der Waals surface area (Å²) in [5.41, 5.74) is 3.91. The van der Waals surface area contributed by atoms with E-state index in [1.165, 1.54) is 12.1 Å². The summed E-state index contributed by atoms with van der Waals surface area (Å²) < 4.78 is 31.5. The van der Waals surface area contributed by atoms with Gasteiger partial charge in [0, 0.05) is 11.1 Å². The van der Waals surface area contributed by atoms with Crippen molar-refractivity contribution in [3.8, 4) is 34.1 Å². The molecule has 4 nitrogen and oxygen atoms in total. The zero-order valence-corrected chi connectivity index (χ0v) is 16.5. The number of benzene rings is 2. The van der Waals surface area contributed by atoms with Crippen LogP contribution in [0, 0.1) is 18.3 Å². The Morgan fingerprint density at radius 1 is 0.793 bits per heavy atom. The van der Waals surface area contributed by atoms with E-state index in [-0.39, 0.29) is 16.2 Å². The first kappa shape index (κ1) is 18.7. The molecule has 0 heterocycles. The van der Waals surface area contributed by atoms with Crippen LogP contribution in [0.3, 0.4) is 0 Å². The van der Waals surface area contributed by atoms with Crippen molar-refractivity contribution >= 4 is 10.1 Å². The summed E-state index contributed by atoms with van der Waals surface area (Å²) in [6, 6.07) is 27.1. The Hall–Kier alpha value is -3.62. The van der Waals surface area contributed by atoms with Crippen molar-refractivity contribution in [1.82, 2.24) is 0 Å². The molecule has 0 bridgehead atoms. The zero-order valence-electron chi connectivity index (χ0n) is 15.7. The van der Waals surface area contributed by atoms with Crippen molar-refractivity contribution < 1.29 is 12.6 Å². The van der Waals surface area contributed by atoms with E-state index in [1.807, 2.05) is 61.5 Å². The van der Waals surface area contributed by atoms with Crippen molar-refractivity contribution in [1.29, 1.82) is 5.26 Å². The maximum Gasteiger partial charge on any atom is 0.339 e. The van der Waals surface area contributed by atoms with E-state index in [0.29, 0.717) is 11.1 Å². The fourth-order valence-corrected chi connectivity index (χ4v) is 4.25. The van der Waals surface area contributed by atoms with Crippen LogP contribution in [-0.4, -0.2) is 8.42 Å². The Bertz CT molecular complexity index is 1290. The van der Waals surface area contributed by atoms with Crippen LogP contribution in [0.4, 0.5) is 0 Å². The van der Waals surface area contributed by atoms with Gasteiger partial charge in [0.2, 0.25) is 0 Å². The van der Waals surface area contributed by atoms with Crippen molar-refractivity contribution in [2.24, 2.45) is 0 Å². The minimum atomic E-state index is -4.11. The SMILES string of the molecule is Cc1ccc(S(=O)(=O)Oc2c(C#N)c3cccccc-3c2-c2ccccc2)cc1. The summed E-state index contributed by atoms with van der Waals surface area (Å²) in [4.78, 5) is 0.0433. The van der Waals surface area contributed by atoms with Gasteiger partial charge in [0.05, 0.1) is 0 Å². The Balaban J connectivity index is 1.97. The first-order valence-electron chi connectivity index (χ1n) is 9.02. The number of nitrogens with zero attached hydrogens (tertiary/aromatic N) is 1. The van der Waals surface area contributed by atoms with Crippen molar-refractivity contribution in [3.63, 3.8) is 0 Å². The van der Waals surface area contributed by atoms with Crippen molar-refractivity contribution in [2.75, 3.05) is 0 Å². The van der Waals surface area contributed by atoms with E-state index in [1.54, 1.807) is 18.2 Å². The quantitative estimate of drug-likeness (QED) is 0.431. The minimum Gasteiger partial charge on any atom is -0.377 e. The molecule has 0 fully saturated rings. The van der Waals surface area contributed by atoms with Gasteiger partial charge in [0.15, 0.2) is 5.75 Å². The highest BCUT2D eigenvalue weighted by molar-refractivity contribution is 7.87. The van der Waals surface area contributed by atoms with Crippen LogP contribution in [0.5, 0.6) is 5.75 Å². The summed E-state index contributed by atoms with van der Waals surface area (Å²) in [7, 11) is -4.11. The third-order valence-electron chi connectivity index (χ3n) is 4.71. The third-order valence-corrected chi connectivity index (χ3v) is 5.94. The minimum absolute atomic E-state index is 0.0433. The van der Waals surface area contributed by atoms with Crippen LogP contribution in [0.2, 0.25) is 0 Å². The number of rotatable bonds is 4. The molecule has 2 aliphatic rings. The molecule has 4 rings (SSSR count). The lowest BCUT2D eigenvalue weighted by Gasteiger charge is -2.10. The van der Waals surface area contributed by atoms with E-state index >= 15 is 0 Å². The van der Waals surface area contributed by atoms with Crippen LogP contribution in [0.15, 0.2) is 89.8 Å². The predicted octanol–water partition coefficient (Wildman–Crippen LogP) is 5.41. The molecule has 0 radical (unpaired) electrons. The van der Waals surface area contributed by atoms with E-state index in [9.17, 15) is 13.7 Å². The summed E-state index contributed by atoms with van der Waals surface area (Å²) in [6.07, 6.45) is 0. The molecule has 0 spiro atoms. The highest BCUT2D eigenvalue weighted by Gasteiger charge is 2.29. The maximum atomic E-state index is 13.0. The number of aryl methyl sites for hydroxylation is 1. The van der Waals surface area contributed by atoms with Crippen LogP contribution in [0.25, 0.3) is 22.3 Å². The van der Waals surface area contributed by atoms with Gasteiger partial charge >= 0.3 is 10.1 Å². The molecule has 5 heteroatoms. The van der Waals surface area contributed by atoms with Gasteiger partial charge in [0.1, 0.15) is 16.5 Å². The molecule has 0 amide bonds. The average Bonchev–Trinajstić information content (AvgIpc) is 2.84. The van der Waals surface area contributed by atoms with Crippen LogP contribution in [0.1, 0.15) is 11.1 Å². The van der Waals surface area contributed by atoms with E-state index in [4.69, 9.17) is 4.18 Å².